The lowest BCUT2D eigenvalue weighted by molar-refractivity contribution is -0.128. The van der Waals surface area contributed by atoms with Crippen molar-refractivity contribution in [1.29, 1.82) is 0 Å². The zero-order valence-corrected chi connectivity index (χ0v) is 21.4. The summed E-state index contributed by atoms with van der Waals surface area (Å²) in [4.78, 5) is 58.2. The molecule has 1 saturated carbocycles. The molecule has 198 valence electrons. The first kappa shape index (κ1) is 23.5. The Morgan fingerprint density at radius 1 is 1.13 bits per heavy atom. The van der Waals surface area contributed by atoms with Gasteiger partial charge in [-0.1, -0.05) is 37.5 Å². The van der Waals surface area contributed by atoms with Gasteiger partial charge in [-0.25, -0.2) is 15.0 Å². The number of imidazole rings is 1. The molecule has 0 saturated heterocycles. The number of hydrogen-bond donors (Lipinski definition) is 3. The van der Waals surface area contributed by atoms with E-state index in [2.05, 4.69) is 30.6 Å². The molecule has 1 fully saturated rings. The molecule has 0 unspecified atom stereocenters. The first-order chi connectivity index (χ1) is 19.0. The molecule has 12 heteroatoms. The normalized spacial score (nSPS) is 20.8. The lowest BCUT2D eigenvalue weighted by Gasteiger charge is -2.33. The molecule has 3 amide bonds. The quantitative estimate of drug-likeness (QED) is 0.370. The summed E-state index contributed by atoms with van der Waals surface area (Å²) in [5.41, 5.74) is 2.18. The third-order valence-electron chi connectivity index (χ3n) is 8.11. The minimum atomic E-state index is -1.32. The zero-order valence-electron chi connectivity index (χ0n) is 21.4. The van der Waals surface area contributed by atoms with Gasteiger partial charge in [0.2, 0.25) is 17.7 Å². The lowest BCUT2D eigenvalue weighted by atomic mass is 9.70. The van der Waals surface area contributed by atoms with E-state index in [0.29, 0.717) is 45.3 Å². The molecule has 4 aromatic rings. The van der Waals surface area contributed by atoms with E-state index >= 15 is 0 Å². The monoisotopic (exact) mass is 525 g/mol. The maximum Gasteiger partial charge on any atom is 0.243 e. The number of aromatic amines is 1. The van der Waals surface area contributed by atoms with Crippen LogP contribution in [0.15, 0.2) is 36.9 Å². The Kier molecular flexibility index (Phi) is 5.25. The van der Waals surface area contributed by atoms with Crippen molar-refractivity contribution in [2.45, 2.75) is 56.9 Å². The molecule has 39 heavy (non-hydrogen) atoms. The predicted molar refractivity (Wildman–Crippen MR) is 141 cm³/mol. The Morgan fingerprint density at radius 2 is 1.95 bits per heavy atom. The summed E-state index contributed by atoms with van der Waals surface area (Å²) < 4.78 is 1.53. The number of carbonyl (C=O) groups excluding carboxylic acids is 3. The molecule has 1 aromatic carbocycles. The fourth-order valence-corrected chi connectivity index (χ4v) is 6.48. The number of para-hydroxylation sites is 1. The van der Waals surface area contributed by atoms with Crippen molar-refractivity contribution in [3.05, 3.63) is 53.7 Å². The molecule has 1 atom stereocenters. The molecular formula is C27H27N9O3. The summed E-state index contributed by atoms with van der Waals surface area (Å²) in [5, 5.41) is 10.8. The van der Waals surface area contributed by atoms with E-state index in [-0.39, 0.29) is 36.7 Å². The van der Waals surface area contributed by atoms with Crippen molar-refractivity contribution in [2.75, 3.05) is 16.8 Å². The van der Waals surface area contributed by atoms with Gasteiger partial charge >= 0.3 is 0 Å². The molecule has 12 nitrogen and oxygen atoms in total. The molecule has 5 heterocycles. The maximum absolute atomic E-state index is 14.4. The Labute approximate surface area is 223 Å². The van der Waals surface area contributed by atoms with Crippen LogP contribution in [0.5, 0.6) is 0 Å². The molecule has 7 rings (SSSR count). The molecular weight excluding hydrogens is 498 g/mol. The SMILES string of the molecule is Cc1nn(-c2ncnc3nc[nH]c23)c2c1[C@@]1(CC(=O)N2)C(=O)N(CC(=O)NC2CCCCC2)c2ccccc21. The van der Waals surface area contributed by atoms with E-state index in [9.17, 15) is 14.4 Å². The minimum absolute atomic E-state index is 0.0909. The van der Waals surface area contributed by atoms with E-state index in [1.807, 2.05) is 31.2 Å². The van der Waals surface area contributed by atoms with Gasteiger partial charge < -0.3 is 20.5 Å². The highest BCUT2D eigenvalue weighted by molar-refractivity contribution is 6.17. The number of hydrogen-bond acceptors (Lipinski definition) is 7. The predicted octanol–water partition coefficient (Wildman–Crippen LogP) is 2.27. The number of nitrogens with zero attached hydrogens (tertiary/aromatic N) is 6. The lowest BCUT2D eigenvalue weighted by Crippen LogP contribution is -2.50. The van der Waals surface area contributed by atoms with Crippen LogP contribution in [-0.4, -0.2) is 60.0 Å². The number of aryl methyl sites for hydroxylation is 1. The standard InChI is InChI=1S/C27H27N9O3/c1-15-21-24(36(34-15)25-22-23(29-13-28-22)30-14-31-25)33-19(37)11-27(21)17-9-5-6-10-18(17)35(26(27)39)12-20(38)32-16-7-3-2-4-8-16/h5-6,9-10,13-14,16H,2-4,7-8,11-12H2,1H3,(H,32,38)(H,33,37)(H,28,29,30,31)/t27-/m0/s1. The second-order valence-electron chi connectivity index (χ2n) is 10.5. The van der Waals surface area contributed by atoms with E-state index in [1.54, 1.807) is 0 Å². The number of aromatic nitrogens is 6. The van der Waals surface area contributed by atoms with E-state index in [4.69, 9.17) is 5.10 Å². The Morgan fingerprint density at radius 3 is 2.79 bits per heavy atom. The summed E-state index contributed by atoms with van der Waals surface area (Å²) in [6, 6.07) is 7.52. The smallest absolute Gasteiger partial charge is 0.243 e. The number of rotatable bonds is 4. The van der Waals surface area contributed by atoms with Crippen molar-refractivity contribution in [3.8, 4) is 5.82 Å². The summed E-state index contributed by atoms with van der Waals surface area (Å²) >= 11 is 0. The highest BCUT2D eigenvalue weighted by Gasteiger charge is 2.58. The summed E-state index contributed by atoms with van der Waals surface area (Å²) in [6.45, 7) is 1.70. The van der Waals surface area contributed by atoms with E-state index in [0.717, 1.165) is 25.7 Å². The Hall–Kier alpha value is -4.61. The largest absolute Gasteiger partial charge is 0.352 e. The average Bonchev–Trinajstić information content (AvgIpc) is 3.61. The van der Waals surface area contributed by atoms with Gasteiger partial charge in [-0.05, 0) is 31.4 Å². The van der Waals surface area contributed by atoms with Crippen molar-refractivity contribution in [1.82, 2.24) is 35.0 Å². The van der Waals surface area contributed by atoms with Gasteiger partial charge in [0.25, 0.3) is 0 Å². The third kappa shape index (κ3) is 3.47. The third-order valence-corrected chi connectivity index (χ3v) is 8.11. The van der Waals surface area contributed by atoms with Crippen LogP contribution in [0.4, 0.5) is 11.5 Å². The minimum Gasteiger partial charge on any atom is -0.352 e. The van der Waals surface area contributed by atoms with Crippen LogP contribution >= 0.6 is 0 Å². The molecule has 3 aliphatic rings. The fourth-order valence-electron chi connectivity index (χ4n) is 6.48. The van der Waals surface area contributed by atoms with Crippen LogP contribution in [0.3, 0.4) is 0 Å². The number of carbonyl (C=O) groups is 3. The summed E-state index contributed by atoms with van der Waals surface area (Å²) in [5.74, 6) is -0.0554. The van der Waals surface area contributed by atoms with Crippen molar-refractivity contribution in [2.24, 2.45) is 0 Å². The molecule has 0 radical (unpaired) electrons. The van der Waals surface area contributed by atoms with Crippen LogP contribution in [0.1, 0.15) is 55.3 Å². The molecule has 0 bridgehead atoms. The van der Waals surface area contributed by atoms with Crippen molar-refractivity contribution in [3.63, 3.8) is 0 Å². The zero-order chi connectivity index (χ0) is 26.7. The number of fused-ring (bicyclic) bond motifs is 5. The van der Waals surface area contributed by atoms with Crippen LogP contribution in [0.25, 0.3) is 17.0 Å². The number of benzene rings is 1. The van der Waals surface area contributed by atoms with Crippen LogP contribution in [0.2, 0.25) is 0 Å². The average molecular weight is 526 g/mol. The van der Waals surface area contributed by atoms with E-state index in [1.165, 1.54) is 28.7 Å². The Balaban J connectivity index is 1.34. The molecule has 1 spiro atoms. The van der Waals surface area contributed by atoms with Crippen molar-refractivity contribution >= 4 is 40.4 Å². The number of amides is 3. The molecule has 2 aliphatic heterocycles. The number of nitrogens with one attached hydrogen (secondary N) is 3. The number of H-pyrrole nitrogens is 1. The van der Waals surface area contributed by atoms with Gasteiger partial charge in [0.05, 0.1) is 12.0 Å². The van der Waals surface area contributed by atoms with E-state index < -0.39 is 5.41 Å². The van der Waals surface area contributed by atoms with Crippen LogP contribution in [0, 0.1) is 6.92 Å². The highest BCUT2D eigenvalue weighted by Crippen LogP contribution is 2.53. The van der Waals surface area contributed by atoms with Crippen molar-refractivity contribution < 1.29 is 14.4 Å². The topological polar surface area (TPSA) is 151 Å². The fraction of sp³-hybridized carbons (Fsp3) is 0.370. The van der Waals surface area contributed by atoms with Crippen LogP contribution < -0.4 is 15.5 Å². The first-order valence-corrected chi connectivity index (χ1v) is 13.2. The summed E-state index contributed by atoms with van der Waals surface area (Å²) in [7, 11) is 0. The first-order valence-electron chi connectivity index (χ1n) is 13.2. The van der Waals surface area contributed by atoms with Gasteiger partial charge in [-0.15, -0.1) is 0 Å². The van der Waals surface area contributed by atoms with Gasteiger partial charge in [0.15, 0.2) is 11.5 Å². The molecule has 3 aromatic heterocycles. The van der Waals surface area contributed by atoms with Gasteiger partial charge in [-0.2, -0.15) is 9.78 Å². The van der Waals surface area contributed by atoms with Gasteiger partial charge in [-0.3, -0.25) is 14.4 Å². The second kappa shape index (κ2) is 8.72. The number of anilines is 2. The Bertz CT molecular complexity index is 1650. The van der Waals surface area contributed by atoms with Gasteiger partial charge in [0, 0.05) is 23.7 Å². The summed E-state index contributed by atoms with van der Waals surface area (Å²) in [6.07, 6.45) is 8.08. The molecule has 1 aliphatic carbocycles. The highest BCUT2D eigenvalue weighted by atomic mass is 16.2. The molecule has 3 N–H and O–H groups in total. The second-order valence-corrected chi connectivity index (χ2v) is 10.5. The van der Waals surface area contributed by atoms with Crippen LogP contribution in [-0.2, 0) is 19.8 Å². The maximum atomic E-state index is 14.4. The van der Waals surface area contributed by atoms with Gasteiger partial charge in [0.1, 0.15) is 29.6 Å².